The first kappa shape index (κ1) is 11.5. The number of hydrogen-bond acceptors (Lipinski definition) is 3. The minimum atomic E-state index is -0.0183. The molecular weight excluding hydrogens is 204 g/mol. The number of rotatable bonds is 3. The van der Waals surface area contributed by atoms with Crippen LogP contribution in [0.1, 0.15) is 39.2 Å². The van der Waals surface area contributed by atoms with Crippen molar-refractivity contribution >= 4 is 0 Å². The lowest BCUT2D eigenvalue weighted by molar-refractivity contribution is 0.155. The summed E-state index contributed by atoms with van der Waals surface area (Å²) >= 11 is 0. The highest BCUT2D eigenvalue weighted by atomic mass is 16.5. The summed E-state index contributed by atoms with van der Waals surface area (Å²) in [4.78, 5) is 11.5. The molecular formula is C12H20N2O2. The Labute approximate surface area is 95.6 Å². The topological polar surface area (TPSA) is 47.2 Å². The molecule has 16 heavy (non-hydrogen) atoms. The third-order valence-electron chi connectivity index (χ3n) is 3.16. The molecule has 0 aromatic carbocycles. The second-order valence-electron chi connectivity index (χ2n) is 5.03. The summed E-state index contributed by atoms with van der Waals surface area (Å²) in [7, 11) is 0. The van der Waals surface area contributed by atoms with Gasteiger partial charge in [-0.3, -0.25) is 4.79 Å². The Hall–Kier alpha value is -1.03. The Morgan fingerprint density at radius 1 is 1.62 bits per heavy atom. The van der Waals surface area contributed by atoms with Gasteiger partial charge in [0, 0.05) is 12.1 Å². The van der Waals surface area contributed by atoms with E-state index in [1.54, 1.807) is 0 Å². The van der Waals surface area contributed by atoms with Gasteiger partial charge in [0.15, 0.2) is 0 Å². The zero-order valence-electron chi connectivity index (χ0n) is 9.98. The van der Waals surface area contributed by atoms with Gasteiger partial charge in [-0.15, -0.1) is 0 Å². The van der Waals surface area contributed by atoms with Crippen LogP contribution in [-0.4, -0.2) is 17.3 Å². The predicted octanol–water partition coefficient (Wildman–Crippen LogP) is 1.78. The normalized spacial score (nSPS) is 26.2. The van der Waals surface area contributed by atoms with Crippen molar-refractivity contribution in [3.8, 4) is 0 Å². The van der Waals surface area contributed by atoms with E-state index < -0.39 is 0 Å². The quantitative estimate of drug-likeness (QED) is 0.851. The molecule has 2 rings (SSSR count). The largest absolute Gasteiger partial charge is 0.384 e. The van der Waals surface area contributed by atoms with Gasteiger partial charge in [0.05, 0.1) is 6.04 Å². The number of aromatic nitrogens is 1. The van der Waals surface area contributed by atoms with Crippen molar-refractivity contribution in [3.05, 3.63) is 22.7 Å². The van der Waals surface area contributed by atoms with Crippen LogP contribution in [0.25, 0.3) is 0 Å². The third-order valence-corrected chi connectivity index (χ3v) is 3.16. The average Bonchev–Trinajstić information content (AvgIpc) is 2.64. The Kier molecular flexibility index (Phi) is 3.49. The second kappa shape index (κ2) is 4.87. The SMILES string of the molecule is CC(C)C[C@H]1C[C@H](n2occc2=O)CCN1. The van der Waals surface area contributed by atoms with Crippen LogP contribution in [-0.2, 0) is 0 Å². The van der Waals surface area contributed by atoms with Crippen molar-refractivity contribution in [1.82, 2.24) is 10.1 Å². The second-order valence-corrected chi connectivity index (χ2v) is 5.03. The molecule has 90 valence electrons. The predicted molar refractivity (Wildman–Crippen MR) is 62.5 cm³/mol. The van der Waals surface area contributed by atoms with E-state index in [0.717, 1.165) is 25.8 Å². The fraction of sp³-hybridized carbons (Fsp3) is 0.750. The van der Waals surface area contributed by atoms with Gasteiger partial charge in [0.25, 0.3) is 5.56 Å². The van der Waals surface area contributed by atoms with Crippen LogP contribution >= 0.6 is 0 Å². The molecule has 0 unspecified atom stereocenters. The highest BCUT2D eigenvalue weighted by Gasteiger charge is 2.25. The summed E-state index contributed by atoms with van der Waals surface area (Å²) < 4.78 is 6.76. The molecule has 0 spiro atoms. The molecule has 2 atom stereocenters. The van der Waals surface area contributed by atoms with Crippen LogP contribution in [0.5, 0.6) is 0 Å². The Balaban J connectivity index is 2.02. The van der Waals surface area contributed by atoms with Gasteiger partial charge < -0.3 is 9.84 Å². The van der Waals surface area contributed by atoms with Crippen LogP contribution in [0.4, 0.5) is 0 Å². The van der Waals surface area contributed by atoms with E-state index in [1.165, 1.54) is 17.1 Å². The number of nitrogens with one attached hydrogen (secondary N) is 1. The fourth-order valence-corrected chi connectivity index (χ4v) is 2.49. The number of piperidine rings is 1. The monoisotopic (exact) mass is 224 g/mol. The van der Waals surface area contributed by atoms with E-state index in [0.29, 0.717) is 12.0 Å². The molecule has 4 nitrogen and oxygen atoms in total. The first-order chi connectivity index (χ1) is 7.66. The van der Waals surface area contributed by atoms with Crippen molar-refractivity contribution in [2.45, 2.75) is 45.2 Å². The molecule has 1 N–H and O–H groups in total. The summed E-state index contributed by atoms with van der Waals surface area (Å²) in [5, 5.41) is 3.50. The minimum Gasteiger partial charge on any atom is -0.384 e. The van der Waals surface area contributed by atoms with Gasteiger partial charge >= 0.3 is 0 Å². The molecule has 1 aromatic rings. The molecule has 0 radical (unpaired) electrons. The highest BCUT2D eigenvalue weighted by molar-refractivity contribution is 4.85. The van der Waals surface area contributed by atoms with Crippen molar-refractivity contribution in [2.75, 3.05) is 6.54 Å². The summed E-state index contributed by atoms with van der Waals surface area (Å²) in [6.45, 7) is 5.42. The smallest absolute Gasteiger partial charge is 0.282 e. The Bertz CT molecular complexity index is 380. The zero-order valence-corrected chi connectivity index (χ0v) is 9.98. The van der Waals surface area contributed by atoms with Gasteiger partial charge in [-0.05, 0) is 31.7 Å². The zero-order chi connectivity index (χ0) is 11.5. The molecule has 1 saturated heterocycles. The van der Waals surface area contributed by atoms with Crippen LogP contribution < -0.4 is 10.9 Å². The molecule has 2 heterocycles. The third kappa shape index (κ3) is 2.55. The van der Waals surface area contributed by atoms with Crippen LogP contribution in [0.15, 0.2) is 21.6 Å². The van der Waals surface area contributed by atoms with Gasteiger partial charge in [0.2, 0.25) is 0 Å². The Morgan fingerprint density at radius 2 is 2.44 bits per heavy atom. The summed E-state index contributed by atoms with van der Waals surface area (Å²) in [5.74, 6) is 0.685. The maximum absolute atomic E-state index is 11.5. The van der Waals surface area contributed by atoms with E-state index in [-0.39, 0.29) is 11.6 Å². The lowest BCUT2D eigenvalue weighted by Crippen LogP contribution is -2.41. The van der Waals surface area contributed by atoms with Crippen LogP contribution in [0.2, 0.25) is 0 Å². The minimum absolute atomic E-state index is 0.0183. The fourth-order valence-electron chi connectivity index (χ4n) is 2.49. The van der Waals surface area contributed by atoms with E-state index in [1.807, 2.05) is 0 Å². The molecule has 4 heteroatoms. The van der Waals surface area contributed by atoms with Crippen molar-refractivity contribution in [1.29, 1.82) is 0 Å². The average molecular weight is 224 g/mol. The molecule has 0 saturated carbocycles. The first-order valence-electron chi connectivity index (χ1n) is 6.06. The molecule has 1 aromatic heterocycles. The van der Waals surface area contributed by atoms with Gasteiger partial charge in [0.1, 0.15) is 6.26 Å². The summed E-state index contributed by atoms with van der Waals surface area (Å²) in [6, 6.07) is 2.22. The number of hydrogen-bond donors (Lipinski definition) is 1. The molecule has 1 aliphatic rings. The van der Waals surface area contributed by atoms with E-state index in [4.69, 9.17) is 4.52 Å². The van der Waals surface area contributed by atoms with Crippen molar-refractivity contribution in [3.63, 3.8) is 0 Å². The summed E-state index contributed by atoms with van der Waals surface area (Å²) in [6.07, 6.45) is 4.60. The molecule has 1 fully saturated rings. The maximum Gasteiger partial charge on any atom is 0.282 e. The van der Waals surface area contributed by atoms with E-state index in [9.17, 15) is 4.79 Å². The highest BCUT2D eigenvalue weighted by Crippen LogP contribution is 2.23. The first-order valence-corrected chi connectivity index (χ1v) is 6.06. The van der Waals surface area contributed by atoms with Crippen LogP contribution in [0, 0.1) is 5.92 Å². The van der Waals surface area contributed by atoms with Crippen LogP contribution in [0.3, 0.4) is 0 Å². The number of nitrogens with zero attached hydrogens (tertiary/aromatic N) is 1. The maximum atomic E-state index is 11.5. The van der Waals surface area contributed by atoms with Gasteiger partial charge in [-0.25, -0.2) is 0 Å². The van der Waals surface area contributed by atoms with E-state index in [2.05, 4.69) is 19.2 Å². The van der Waals surface area contributed by atoms with E-state index >= 15 is 0 Å². The molecule has 0 amide bonds. The lowest BCUT2D eigenvalue weighted by atomic mass is 9.93. The van der Waals surface area contributed by atoms with Gasteiger partial charge in [-0.2, -0.15) is 4.74 Å². The summed E-state index contributed by atoms with van der Waals surface area (Å²) in [5.41, 5.74) is -0.0183. The molecule has 1 aliphatic heterocycles. The van der Waals surface area contributed by atoms with Crippen molar-refractivity contribution in [2.24, 2.45) is 5.92 Å². The molecule has 0 bridgehead atoms. The standard InChI is InChI=1S/C12H20N2O2/c1-9(2)7-10-8-11(3-5-13-10)14-12(15)4-6-16-14/h4,6,9-11,13H,3,5,7-8H2,1-2H3/t10-,11+/m0/s1. The Morgan fingerprint density at radius 3 is 3.06 bits per heavy atom. The van der Waals surface area contributed by atoms with Gasteiger partial charge in [-0.1, -0.05) is 13.8 Å². The van der Waals surface area contributed by atoms with Crippen molar-refractivity contribution < 1.29 is 4.52 Å². The lowest BCUT2D eigenvalue weighted by Gasteiger charge is -2.30. The molecule has 0 aliphatic carbocycles.